The molecule has 23 heavy (non-hydrogen) atoms. The number of rotatable bonds is 3. The van der Waals surface area contributed by atoms with Gasteiger partial charge >= 0.3 is 5.97 Å². The van der Waals surface area contributed by atoms with Crippen LogP contribution in [0.3, 0.4) is 0 Å². The molecule has 5 nitrogen and oxygen atoms in total. The average molecular weight is 344 g/mol. The molecule has 1 aromatic carbocycles. The number of thiocarbonyl (C=S) groups is 1. The highest BCUT2D eigenvalue weighted by atomic mass is 32.2. The number of aromatic nitrogens is 1. The van der Waals surface area contributed by atoms with Gasteiger partial charge in [-0.2, -0.15) is 0 Å². The van der Waals surface area contributed by atoms with E-state index in [0.29, 0.717) is 4.91 Å². The van der Waals surface area contributed by atoms with Crippen molar-refractivity contribution in [2.45, 2.75) is 6.92 Å². The predicted molar refractivity (Wildman–Crippen MR) is 94.0 cm³/mol. The fourth-order valence-corrected chi connectivity index (χ4v) is 3.51. The molecule has 0 radical (unpaired) electrons. The molecule has 1 N–H and O–H groups in total. The quantitative estimate of drug-likeness (QED) is 0.682. The second-order valence-corrected chi connectivity index (χ2v) is 6.74. The highest BCUT2D eigenvalue weighted by Crippen LogP contribution is 2.32. The number of carbonyl (C=O) groups is 2. The van der Waals surface area contributed by atoms with E-state index in [9.17, 15) is 9.59 Å². The standard InChI is InChI=1S/C16H12N2O3S2/c1-9-2-4-11-6-10(3-5-12(11)17-9)7-13-15(21)18(8-14(19)20)16(22)23-13/h2-7H,8H2,1H3,(H,19,20). The van der Waals surface area contributed by atoms with Crippen LogP contribution in [0.1, 0.15) is 11.3 Å². The molecule has 0 spiro atoms. The van der Waals surface area contributed by atoms with Crippen LogP contribution < -0.4 is 0 Å². The van der Waals surface area contributed by atoms with Crippen LogP contribution in [-0.2, 0) is 9.59 Å². The van der Waals surface area contributed by atoms with Crippen molar-refractivity contribution < 1.29 is 14.7 Å². The van der Waals surface area contributed by atoms with Crippen LogP contribution in [0.15, 0.2) is 35.2 Å². The molecule has 116 valence electrons. The number of carboxylic acid groups (broad SMARTS) is 1. The van der Waals surface area contributed by atoms with Gasteiger partial charge in [-0.05, 0) is 36.8 Å². The van der Waals surface area contributed by atoms with Crippen LogP contribution in [0.4, 0.5) is 0 Å². The molecule has 7 heteroatoms. The van der Waals surface area contributed by atoms with E-state index < -0.39 is 12.5 Å². The normalized spacial score (nSPS) is 16.6. The first-order valence-corrected chi connectivity index (χ1v) is 8.01. The van der Waals surface area contributed by atoms with Gasteiger partial charge in [0.25, 0.3) is 5.91 Å². The molecule has 1 aromatic heterocycles. The number of amides is 1. The smallest absolute Gasteiger partial charge is 0.323 e. The maximum absolute atomic E-state index is 12.2. The van der Waals surface area contributed by atoms with Crippen LogP contribution in [0.5, 0.6) is 0 Å². The number of carbonyl (C=O) groups excluding carboxylic acids is 1. The summed E-state index contributed by atoms with van der Waals surface area (Å²) in [5.74, 6) is -1.46. The Balaban J connectivity index is 1.92. The van der Waals surface area contributed by atoms with Gasteiger partial charge < -0.3 is 5.11 Å². The maximum atomic E-state index is 12.2. The van der Waals surface area contributed by atoms with Gasteiger partial charge in [0.2, 0.25) is 0 Å². The van der Waals surface area contributed by atoms with E-state index in [-0.39, 0.29) is 10.2 Å². The summed E-state index contributed by atoms with van der Waals surface area (Å²) in [5, 5.41) is 9.81. The lowest BCUT2D eigenvalue weighted by molar-refractivity contribution is -0.140. The van der Waals surface area contributed by atoms with Gasteiger partial charge in [-0.1, -0.05) is 36.1 Å². The number of pyridine rings is 1. The summed E-state index contributed by atoms with van der Waals surface area (Å²) in [6.45, 7) is 1.52. The molecular formula is C16H12N2O3S2. The minimum absolute atomic E-state index is 0.265. The number of carboxylic acids is 1. The Morgan fingerprint density at radius 3 is 2.91 bits per heavy atom. The van der Waals surface area contributed by atoms with Crippen LogP contribution in [0, 0.1) is 6.92 Å². The summed E-state index contributed by atoms with van der Waals surface area (Å²) in [6, 6.07) is 9.61. The van der Waals surface area contributed by atoms with Crippen LogP contribution >= 0.6 is 24.0 Å². The first-order valence-electron chi connectivity index (χ1n) is 6.78. The number of aliphatic carboxylic acids is 1. The van der Waals surface area contributed by atoms with Crippen LogP contribution in [-0.4, -0.2) is 37.7 Å². The van der Waals surface area contributed by atoms with Crippen LogP contribution in [0.2, 0.25) is 0 Å². The molecular weight excluding hydrogens is 332 g/mol. The third-order valence-electron chi connectivity index (χ3n) is 3.32. The summed E-state index contributed by atoms with van der Waals surface area (Å²) < 4.78 is 0.265. The van der Waals surface area contributed by atoms with E-state index in [1.54, 1.807) is 6.08 Å². The van der Waals surface area contributed by atoms with E-state index in [2.05, 4.69) is 4.98 Å². The van der Waals surface area contributed by atoms with Crippen molar-refractivity contribution in [2.24, 2.45) is 0 Å². The first-order chi connectivity index (χ1) is 10.9. The van der Waals surface area contributed by atoms with Gasteiger partial charge in [0.05, 0.1) is 10.4 Å². The summed E-state index contributed by atoms with van der Waals surface area (Å²) in [6.07, 6.45) is 1.72. The summed E-state index contributed by atoms with van der Waals surface area (Å²) in [4.78, 5) is 29.0. The molecule has 1 amide bonds. The number of fused-ring (bicyclic) bond motifs is 1. The highest BCUT2D eigenvalue weighted by molar-refractivity contribution is 8.26. The maximum Gasteiger partial charge on any atom is 0.323 e. The summed E-state index contributed by atoms with van der Waals surface area (Å²) in [7, 11) is 0. The Bertz CT molecular complexity index is 877. The highest BCUT2D eigenvalue weighted by Gasteiger charge is 2.33. The number of benzene rings is 1. The lowest BCUT2D eigenvalue weighted by Gasteiger charge is -2.10. The molecule has 0 saturated carbocycles. The number of nitrogens with zero attached hydrogens (tertiary/aromatic N) is 2. The van der Waals surface area contributed by atoms with E-state index in [1.807, 2.05) is 37.3 Å². The number of hydrogen-bond donors (Lipinski definition) is 1. The SMILES string of the molecule is Cc1ccc2cc(C=C3SC(=S)N(CC(=O)O)C3=O)ccc2n1. The third-order valence-corrected chi connectivity index (χ3v) is 4.69. The minimum atomic E-state index is -1.09. The zero-order valence-electron chi connectivity index (χ0n) is 12.1. The zero-order chi connectivity index (χ0) is 16.6. The van der Waals surface area contributed by atoms with Gasteiger partial charge in [-0.25, -0.2) is 0 Å². The molecule has 0 aliphatic carbocycles. The second-order valence-electron chi connectivity index (χ2n) is 5.07. The molecule has 0 unspecified atom stereocenters. The molecule has 0 bridgehead atoms. The molecule has 1 fully saturated rings. The number of thioether (sulfide) groups is 1. The van der Waals surface area contributed by atoms with Gasteiger partial charge in [-0.15, -0.1) is 0 Å². The third kappa shape index (κ3) is 3.25. The van der Waals surface area contributed by atoms with Crippen LogP contribution in [0.25, 0.3) is 17.0 Å². The topological polar surface area (TPSA) is 70.5 Å². The lowest BCUT2D eigenvalue weighted by Crippen LogP contribution is -2.33. The van der Waals surface area contributed by atoms with E-state index >= 15 is 0 Å². The predicted octanol–water partition coefficient (Wildman–Crippen LogP) is 2.83. The van der Waals surface area contributed by atoms with E-state index in [4.69, 9.17) is 17.3 Å². The van der Waals surface area contributed by atoms with Crippen molar-refractivity contribution in [1.29, 1.82) is 0 Å². The molecule has 1 aliphatic heterocycles. The zero-order valence-corrected chi connectivity index (χ0v) is 13.8. The minimum Gasteiger partial charge on any atom is -0.480 e. The first kappa shape index (κ1) is 15.6. The lowest BCUT2D eigenvalue weighted by atomic mass is 10.1. The van der Waals surface area contributed by atoms with Crippen molar-refractivity contribution in [3.05, 3.63) is 46.5 Å². The molecule has 0 atom stereocenters. The number of hydrogen-bond acceptors (Lipinski definition) is 5. The molecule has 1 aliphatic rings. The van der Waals surface area contributed by atoms with Crippen molar-refractivity contribution in [3.63, 3.8) is 0 Å². The van der Waals surface area contributed by atoms with Gasteiger partial charge in [0, 0.05) is 11.1 Å². The Labute approximate surface area is 142 Å². The Hall–Kier alpha value is -2.25. The molecule has 2 aromatic rings. The largest absolute Gasteiger partial charge is 0.480 e. The Morgan fingerprint density at radius 1 is 1.39 bits per heavy atom. The van der Waals surface area contributed by atoms with Crippen molar-refractivity contribution >= 4 is 57.2 Å². The fraction of sp³-hybridized carbons (Fsp3) is 0.125. The average Bonchev–Trinajstić information content (AvgIpc) is 2.75. The Morgan fingerprint density at radius 2 is 2.17 bits per heavy atom. The molecule has 2 heterocycles. The fourth-order valence-electron chi connectivity index (χ4n) is 2.26. The van der Waals surface area contributed by atoms with Gasteiger partial charge in [0.15, 0.2) is 0 Å². The molecule has 3 rings (SSSR count). The Kier molecular flexibility index (Phi) is 4.14. The number of aryl methyl sites for hydroxylation is 1. The van der Waals surface area contributed by atoms with Gasteiger partial charge in [-0.3, -0.25) is 19.5 Å². The van der Waals surface area contributed by atoms with E-state index in [1.165, 1.54) is 0 Å². The van der Waals surface area contributed by atoms with Crippen molar-refractivity contribution in [3.8, 4) is 0 Å². The van der Waals surface area contributed by atoms with Crippen molar-refractivity contribution in [1.82, 2.24) is 9.88 Å². The summed E-state index contributed by atoms with van der Waals surface area (Å²) in [5.41, 5.74) is 2.68. The monoisotopic (exact) mass is 344 g/mol. The van der Waals surface area contributed by atoms with Gasteiger partial charge in [0.1, 0.15) is 10.9 Å². The van der Waals surface area contributed by atoms with Crippen molar-refractivity contribution in [2.75, 3.05) is 6.54 Å². The molecule has 1 saturated heterocycles. The van der Waals surface area contributed by atoms with E-state index in [0.717, 1.165) is 38.8 Å². The summed E-state index contributed by atoms with van der Waals surface area (Å²) >= 11 is 6.19. The second kappa shape index (κ2) is 6.10.